The Morgan fingerprint density at radius 3 is 2.83 bits per heavy atom. The van der Waals surface area contributed by atoms with Gasteiger partial charge in [0.25, 0.3) is 0 Å². The predicted molar refractivity (Wildman–Crippen MR) is 52.4 cm³/mol. The van der Waals surface area contributed by atoms with Crippen LogP contribution >= 0.6 is 11.8 Å². The standard InChI is InChI=1S/C8H10N2OS/c1-10-6-4-3-5-7(10)8(9-11)12-2/h3-6H,1-2H3/b8-7+. The maximum atomic E-state index is 10.4. The molecule has 1 aliphatic heterocycles. The highest BCUT2D eigenvalue weighted by Crippen LogP contribution is 2.23. The van der Waals surface area contributed by atoms with Crippen LogP contribution in [0, 0.1) is 4.91 Å². The molecule has 64 valence electrons. The summed E-state index contributed by atoms with van der Waals surface area (Å²) in [5.74, 6) is 0. The second kappa shape index (κ2) is 4.11. The Labute approximate surface area is 75.8 Å². The highest BCUT2D eigenvalue weighted by atomic mass is 32.2. The number of rotatable bonds is 2. The first-order chi connectivity index (χ1) is 5.79. The largest absolute Gasteiger partial charge is 0.349 e. The smallest absolute Gasteiger partial charge is 0.164 e. The molecule has 1 aliphatic rings. The fourth-order valence-electron chi connectivity index (χ4n) is 0.934. The van der Waals surface area contributed by atoms with E-state index in [4.69, 9.17) is 0 Å². The molecule has 0 amide bonds. The molecule has 3 nitrogen and oxygen atoms in total. The molecule has 0 aliphatic carbocycles. The number of thioether (sulfide) groups is 1. The molecule has 0 atom stereocenters. The van der Waals surface area contributed by atoms with Gasteiger partial charge in [0.1, 0.15) is 0 Å². The van der Waals surface area contributed by atoms with Gasteiger partial charge in [-0.05, 0) is 23.6 Å². The van der Waals surface area contributed by atoms with Crippen molar-refractivity contribution in [1.82, 2.24) is 4.90 Å². The monoisotopic (exact) mass is 182 g/mol. The maximum Gasteiger partial charge on any atom is 0.164 e. The summed E-state index contributed by atoms with van der Waals surface area (Å²) in [7, 11) is 1.89. The molecule has 0 saturated carbocycles. The van der Waals surface area contributed by atoms with E-state index in [1.54, 1.807) is 0 Å². The SMILES string of the molecule is CS/C(N=O)=C1\C=CC=CN1C. The van der Waals surface area contributed by atoms with Gasteiger partial charge in [0.2, 0.25) is 0 Å². The van der Waals surface area contributed by atoms with Gasteiger partial charge in [0, 0.05) is 13.2 Å². The summed E-state index contributed by atoms with van der Waals surface area (Å²) in [4.78, 5) is 12.2. The van der Waals surface area contributed by atoms with Crippen molar-refractivity contribution in [3.63, 3.8) is 0 Å². The molecule has 1 rings (SSSR count). The van der Waals surface area contributed by atoms with Crippen LogP contribution in [0.15, 0.2) is 40.3 Å². The topological polar surface area (TPSA) is 32.7 Å². The summed E-state index contributed by atoms with van der Waals surface area (Å²) < 4.78 is 0. The predicted octanol–water partition coefficient (Wildman–Crippen LogP) is 2.30. The molecule has 0 radical (unpaired) electrons. The van der Waals surface area contributed by atoms with E-state index in [2.05, 4.69) is 5.18 Å². The zero-order valence-electron chi connectivity index (χ0n) is 7.02. The minimum atomic E-state index is 0.512. The third kappa shape index (κ3) is 1.76. The van der Waals surface area contributed by atoms with Crippen molar-refractivity contribution in [2.45, 2.75) is 0 Å². The fraction of sp³-hybridized carbons (Fsp3) is 0.250. The number of nitrogens with zero attached hydrogens (tertiary/aromatic N) is 2. The van der Waals surface area contributed by atoms with E-state index in [1.807, 2.05) is 42.6 Å². The fourth-order valence-corrected chi connectivity index (χ4v) is 1.43. The third-order valence-electron chi connectivity index (χ3n) is 1.55. The van der Waals surface area contributed by atoms with E-state index in [9.17, 15) is 4.91 Å². The number of allylic oxidation sites excluding steroid dienone is 3. The first-order valence-electron chi connectivity index (χ1n) is 3.49. The third-order valence-corrected chi connectivity index (χ3v) is 2.22. The van der Waals surface area contributed by atoms with Crippen molar-refractivity contribution in [2.24, 2.45) is 5.18 Å². The van der Waals surface area contributed by atoms with Gasteiger partial charge in [0.05, 0.1) is 5.70 Å². The summed E-state index contributed by atoms with van der Waals surface area (Å²) >= 11 is 1.35. The number of hydrogen-bond acceptors (Lipinski definition) is 4. The summed E-state index contributed by atoms with van der Waals surface area (Å²) in [6, 6.07) is 0. The first kappa shape index (κ1) is 9.06. The number of hydrogen-bond donors (Lipinski definition) is 0. The lowest BCUT2D eigenvalue weighted by Gasteiger charge is -2.18. The molecule has 0 fully saturated rings. The Balaban J connectivity index is 2.99. The van der Waals surface area contributed by atoms with Crippen molar-refractivity contribution in [3.05, 3.63) is 40.1 Å². The Morgan fingerprint density at radius 2 is 2.33 bits per heavy atom. The van der Waals surface area contributed by atoms with Crippen molar-refractivity contribution in [1.29, 1.82) is 0 Å². The molecule has 0 saturated heterocycles. The quantitative estimate of drug-likeness (QED) is 0.614. The summed E-state index contributed by atoms with van der Waals surface area (Å²) in [6.45, 7) is 0. The lowest BCUT2D eigenvalue weighted by molar-refractivity contribution is 0.580. The van der Waals surface area contributed by atoms with E-state index in [-0.39, 0.29) is 0 Å². The van der Waals surface area contributed by atoms with Gasteiger partial charge in [0.15, 0.2) is 5.03 Å². The van der Waals surface area contributed by atoms with Crippen LogP contribution in [0.25, 0.3) is 0 Å². The van der Waals surface area contributed by atoms with Crippen LogP contribution in [0.4, 0.5) is 0 Å². The molecule has 0 aromatic heterocycles. The zero-order chi connectivity index (χ0) is 8.97. The average Bonchev–Trinajstić information content (AvgIpc) is 2.10. The maximum absolute atomic E-state index is 10.4. The Bertz CT molecular complexity index is 268. The minimum Gasteiger partial charge on any atom is -0.349 e. The lowest BCUT2D eigenvalue weighted by Crippen LogP contribution is -2.11. The Hall–Kier alpha value is -1.03. The van der Waals surface area contributed by atoms with Crippen molar-refractivity contribution >= 4 is 11.8 Å². The van der Waals surface area contributed by atoms with Crippen LogP contribution in [0.5, 0.6) is 0 Å². The highest BCUT2D eigenvalue weighted by molar-refractivity contribution is 8.02. The number of likely N-dealkylation sites (N-methyl/N-ethyl adjacent to an activating group) is 1. The Kier molecular flexibility index (Phi) is 3.10. The molecular weight excluding hydrogens is 172 g/mol. The molecule has 4 heteroatoms. The van der Waals surface area contributed by atoms with Crippen LogP contribution in [-0.2, 0) is 0 Å². The van der Waals surface area contributed by atoms with Gasteiger partial charge in [-0.1, -0.05) is 6.08 Å². The lowest BCUT2D eigenvalue weighted by atomic mass is 10.3. The van der Waals surface area contributed by atoms with Gasteiger partial charge >= 0.3 is 0 Å². The summed E-state index contributed by atoms with van der Waals surface area (Å²) in [5.41, 5.74) is 0.847. The van der Waals surface area contributed by atoms with Crippen molar-refractivity contribution in [2.75, 3.05) is 13.3 Å². The van der Waals surface area contributed by atoms with Gasteiger partial charge in [-0.2, -0.15) is 0 Å². The molecule has 0 N–H and O–H groups in total. The zero-order valence-corrected chi connectivity index (χ0v) is 7.84. The van der Waals surface area contributed by atoms with E-state index >= 15 is 0 Å². The highest BCUT2D eigenvalue weighted by Gasteiger charge is 2.08. The molecule has 12 heavy (non-hydrogen) atoms. The van der Waals surface area contributed by atoms with Crippen LogP contribution in [0.2, 0.25) is 0 Å². The normalized spacial score (nSPS) is 19.7. The van der Waals surface area contributed by atoms with Crippen molar-refractivity contribution < 1.29 is 0 Å². The van der Waals surface area contributed by atoms with Crippen molar-refractivity contribution in [3.8, 4) is 0 Å². The van der Waals surface area contributed by atoms with E-state index in [1.165, 1.54) is 11.8 Å². The summed E-state index contributed by atoms with van der Waals surface area (Å²) in [6.07, 6.45) is 9.39. The minimum absolute atomic E-state index is 0.512. The number of nitroso groups, excluding NO2 is 1. The molecule has 0 spiro atoms. The van der Waals surface area contributed by atoms with E-state index in [0.717, 1.165) is 5.70 Å². The van der Waals surface area contributed by atoms with Crippen LogP contribution in [0.1, 0.15) is 0 Å². The molecule has 1 heterocycles. The van der Waals surface area contributed by atoms with E-state index in [0.29, 0.717) is 5.03 Å². The molecule has 0 aromatic rings. The second-order valence-electron chi connectivity index (χ2n) is 2.30. The molecular formula is C8H10N2OS. The summed E-state index contributed by atoms with van der Waals surface area (Å²) in [5, 5.41) is 3.46. The second-order valence-corrected chi connectivity index (χ2v) is 3.09. The van der Waals surface area contributed by atoms with Crippen LogP contribution < -0.4 is 0 Å². The van der Waals surface area contributed by atoms with Gasteiger partial charge in [-0.15, -0.1) is 16.7 Å². The van der Waals surface area contributed by atoms with Gasteiger partial charge in [-0.25, -0.2) is 0 Å². The van der Waals surface area contributed by atoms with Gasteiger partial charge < -0.3 is 4.90 Å². The molecule has 0 unspecified atom stereocenters. The average molecular weight is 182 g/mol. The molecule has 0 bridgehead atoms. The molecule has 0 aromatic carbocycles. The van der Waals surface area contributed by atoms with E-state index < -0.39 is 0 Å². The Morgan fingerprint density at radius 1 is 1.58 bits per heavy atom. The van der Waals surface area contributed by atoms with Gasteiger partial charge in [-0.3, -0.25) is 0 Å². The van der Waals surface area contributed by atoms with Crippen LogP contribution in [0.3, 0.4) is 0 Å². The first-order valence-corrected chi connectivity index (χ1v) is 4.71. The van der Waals surface area contributed by atoms with Crippen LogP contribution in [-0.4, -0.2) is 18.2 Å².